The number of rotatable bonds is 3. The molecule has 0 aliphatic carbocycles. The van der Waals surface area contributed by atoms with Crippen molar-refractivity contribution in [2.24, 2.45) is 0 Å². The SMILES string of the molecule is O=C(NCc1nc2ccccc2n2cccc12)c1ccc(F)cc1O. The van der Waals surface area contributed by atoms with Crippen LogP contribution in [0.1, 0.15) is 16.1 Å². The third-order valence-corrected chi connectivity index (χ3v) is 4.06. The molecule has 25 heavy (non-hydrogen) atoms. The van der Waals surface area contributed by atoms with Crippen LogP contribution in [-0.4, -0.2) is 20.4 Å². The van der Waals surface area contributed by atoms with Gasteiger partial charge in [-0.05, 0) is 36.4 Å². The third-order valence-electron chi connectivity index (χ3n) is 4.06. The number of amides is 1. The maximum atomic E-state index is 13.0. The Labute approximate surface area is 142 Å². The predicted molar refractivity (Wildman–Crippen MR) is 91.9 cm³/mol. The highest BCUT2D eigenvalue weighted by molar-refractivity contribution is 5.96. The first-order valence-electron chi connectivity index (χ1n) is 7.75. The zero-order chi connectivity index (χ0) is 17.4. The number of nitrogens with one attached hydrogen (secondary N) is 1. The third kappa shape index (κ3) is 2.67. The molecule has 0 fully saturated rings. The van der Waals surface area contributed by atoms with Gasteiger partial charge in [0.05, 0.1) is 34.4 Å². The Kier molecular flexibility index (Phi) is 3.57. The van der Waals surface area contributed by atoms with Crippen molar-refractivity contribution >= 4 is 22.5 Å². The smallest absolute Gasteiger partial charge is 0.255 e. The van der Waals surface area contributed by atoms with Gasteiger partial charge in [-0.3, -0.25) is 4.79 Å². The number of nitrogens with zero attached hydrogens (tertiary/aromatic N) is 2. The summed E-state index contributed by atoms with van der Waals surface area (Å²) in [5, 5.41) is 12.4. The van der Waals surface area contributed by atoms with Crippen molar-refractivity contribution in [2.45, 2.75) is 6.54 Å². The molecular weight excluding hydrogens is 321 g/mol. The van der Waals surface area contributed by atoms with E-state index >= 15 is 0 Å². The number of halogens is 1. The second-order valence-electron chi connectivity index (χ2n) is 5.65. The van der Waals surface area contributed by atoms with Gasteiger partial charge in [0.25, 0.3) is 5.91 Å². The second-order valence-corrected chi connectivity index (χ2v) is 5.65. The van der Waals surface area contributed by atoms with Gasteiger partial charge in [0.15, 0.2) is 0 Å². The molecule has 4 aromatic rings. The summed E-state index contributed by atoms with van der Waals surface area (Å²) >= 11 is 0. The van der Waals surface area contributed by atoms with Crippen molar-refractivity contribution in [1.82, 2.24) is 14.7 Å². The van der Waals surface area contributed by atoms with Crippen molar-refractivity contribution in [3.8, 4) is 5.75 Å². The maximum Gasteiger partial charge on any atom is 0.255 e. The van der Waals surface area contributed by atoms with E-state index in [1.807, 2.05) is 47.0 Å². The summed E-state index contributed by atoms with van der Waals surface area (Å²) in [6.07, 6.45) is 1.94. The molecule has 2 N–H and O–H groups in total. The van der Waals surface area contributed by atoms with E-state index < -0.39 is 17.5 Å². The van der Waals surface area contributed by atoms with Gasteiger partial charge in [0.2, 0.25) is 0 Å². The number of phenols is 1. The molecule has 6 heteroatoms. The zero-order valence-electron chi connectivity index (χ0n) is 13.1. The van der Waals surface area contributed by atoms with E-state index in [4.69, 9.17) is 0 Å². The van der Waals surface area contributed by atoms with Gasteiger partial charge in [-0.2, -0.15) is 0 Å². The van der Waals surface area contributed by atoms with Crippen molar-refractivity contribution in [3.63, 3.8) is 0 Å². The largest absolute Gasteiger partial charge is 0.507 e. The summed E-state index contributed by atoms with van der Waals surface area (Å²) < 4.78 is 15.1. The number of carbonyl (C=O) groups is 1. The highest BCUT2D eigenvalue weighted by Gasteiger charge is 2.13. The minimum atomic E-state index is -0.597. The van der Waals surface area contributed by atoms with Crippen LogP contribution < -0.4 is 5.32 Å². The Balaban J connectivity index is 1.66. The molecule has 0 unspecified atom stereocenters. The van der Waals surface area contributed by atoms with E-state index in [1.54, 1.807) is 0 Å². The van der Waals surface area contributed by atoms with Crippen molar-refractivity contribution in [1.29, 1.82) is 0 Å². The van der Waals surface area contributed by atoms with E-state index in [1.165, 1.54) is 6.07 Å². The van der Waals surface area contributed by atoms with E-state index in [0.29, 0.717) is 5.69 Å². The molecule has 2 aromatic heterocycles. The van der Waals surface area contributed by atoms with Gasteiger partial charge in [0.1, 0.15) is 11.6 Å². The minimum Gasteiger partial charge on any atom is -0.507 e. The minimum absolute atomic E-state index is 0.0218. The molecule has 2 aromatic carbocycles. The van der Waals surface area contributed by atoms with Gasteiger partial charge in [0, 0.05) is 12.3 Å². The van der Waals surface area contributed by atoms with E-state index in [9.17, 15) is 14.3 Å². The van der Waals surface area contributed by atoms with Crippen LogP contribution in [0.15, 0.2) is 60.8 Å². The van der Waals surface area contributed by atoms with E-state index in [-0.39, 0.29) is 12.1 Å². The average molecular weight is 335 g/mol. The van der Waals surface area contributed by atoms with Gasteiger partial charge in [-0.15, -0.1) is 0 Å². The highest BCUT2D eigenvalue weighted by atomic mass is 19.1. The summed E-state index contributed by atoms with van der Waals surface area (Å²) in [6, 6.07) is 14.9. The monoisotopic (exact) mass is 335 g/mol. The number of fused-ring (bicyclic) bond motifs is 3. The molecule has 0 saturated carbocycles. The number of aromatic nitrogens is 2. The van der Waals surface area contributed by atoms with Gasteiger partial charge < -0.3 is 14.8 Å². The van der Waals surface area contributed by atoms with Crippen LogP contribution in [0.3, 0.4) is 0 Å². The van der Waals surface area contributed by atoms with Gasteiger partial charge in [-0.25, -0.2) is 9.37 Å². The summed E-state index contributed by atoms with van der Waals surface area (Å²) in [7, 11) is 0. The standard InChI is InChI=1S/C19H14FN3O2/c20-12-7-8-13(18(24)10-12)19(25)21-11-15-17-6-3-9-23(17)16-5-2-1-4-14(16)22-15/h1-10,24H,11H2,(H,21,25). The van der Waals surface area contributed by atoms with Gasteiger partial charge >= 0.3 is 0 Å². The lowest BCUT2D eigenvalue weighted by atomic mass is 10.2. The van der Waals surface area contributed by atoms with Crippen LogP contribution in [0.25, 0.3) is 16.6 Å². The first-order chi connectivity index (χ1) is 12.1. The van der Waals surface area contributed by atoms with Crippen LogP contribution in [-0.2, 0) is 6.54 Å². The molecule has 0 radical (unpaired) electrons. The van der Waals surface area contributed by atoms with Crippen LogP contribution in [0.5, 0.6) is 5.75 Å². The summed E-state index contributed by atoms with van der Waals surface area (Å²) in [5.41, 5.74) is 3.42. The van der Waals surface area contributed by atoms with Crippen molar-refractivity contribution in [2.75, 3.05) is 0 Å². The highest BCUT2D eigenvalue weighted by Crippen LogP contribution is 2.20. The first kappa shape index (κ1) is 15.1. The molecule has 0 bridgehead atoms. The Hall–Kier alpha value is -3.41. The summed E-state index contributed by atoms with van der Waals surface area (Å²) in [5.74, 6) is -1.48. The summed E-state index contributed by atoms with van der Waals surface area (Å²) in [4.78, 5) is 16.9. The Bertz CT molecular complexity index is 1100. The fraction of sp³-hybridized carbons (Fsp3) is 0.0526. The Morgan fingerprint density at radius 1 is 1.12 bits per heavy atom. The average Bonchev–Trinajstić information content (AvgIpc) is 3.09. The van der Waals surface area contributed by atoms with Gasteiger partial charge in [-0.1, -0.05) is 12.1 Å². The fourth-order valence-corrected chi connectivity index (χ4v) is 2.88. The normalized spacial score (nSPS) is 11.1. The Morgan fingerprint density at radius 2 is 1.92 bits per heavy atom. The molecule has 2 heterocycles. The molecule has 0 aliphatic heterocycles. The molecule has 124 valence electrons. The predicted octanol–water partition coefficient (Wildman–Crippen LogP) is 3.26. The van der Waals surface area contributed by atoms with E-state index in [2.05, 4.69) is 10.3 Å². The number of aromatic hydroxyl groups is 1. The number of phenolic OH excluding ortho intramolecular Hbond substituents is 1. The van der Waals surface area contributed by atoms with Crippen LogP contribution >= 0.6 is 0 Å². The molecule has 4 rings (SSSR count). The lowest BCUT2D eigenvalue weighted by Crippen LogP contribution is -2.23. The Morgan fingerprint density at radius 3 is 2.76 bits per heavy atom. The molecule has 0 aliphatic rings. The van der Waals surface area contributed by atoms with Crippen LogP contribution in [0.2, 0.25) is 0 Å². The molecule has 5 nitrogen and oxygen atoms in total. The zero-order valence-corrected chi connectivity index (χ0v) is 13.1. The number of carbonyl (C=O) groups excluding carboxylic acids is 1. The lowest BCUT2D eigenvalue weighted by molar-refractivity contribution is 0.0948. The van der Waals surface area contributed by atoms with E-state index in [0.717, 1.165) is 28.7 Å². The first-order valence-corrected chi connectivity index (χ1v) is 7.75. The molecule has 1 amide bonds. The lowest BCUT2D eigenvalue weighted by Gasteiger charge is -2.10. The molecular formula is C19H14FN3O2. The fourth-order valence-electron chi connectivity index (χ4n) is 2.88. The quantitative estimate of drug-likeness (QED) is 0.604. The maximum absolute atomic E-state index is 13.0. The molecule has 0 atom stereocenters. The summed E-state index contributed by atoms with van der Waals surface area (Å²) in [6.45, 7) is 0.188. The van der Waals surface area contributed by atoms with Crippen LogP contribution in [0, 0.1) is 5.82 Å². The number of para-hydroxylation sites is 2. The number of hydrogen-bond acceptors (Lipinski definition) is 3. The van der Waals surface area contributed by atoms with Crippen molar-refractivity contribution < 1.29 is 14.3 Å². The van der Waals surface area contributed by atoms with Crippen LogP contribution in [0.4, 0.5) is 4.39 Å². The second kappa shape index (κ2) is 5.90. The van der Waals surface area contributed by atoms with Crippen molar-refractivity contribution in [3.05, 3.63) is 77.9 Å². The number of hydrogen-bond donors (Lipinski definition) is 2. The topological polar surface area (TPSA) is 66.6 Å². The molecule has 0 spiro atoms. The number of benzene rings is 2. The molecule has 0 saturated heterocycles.